The molecule has 1 rings (SSSR count). The van der Waals surface area contributed by atoms with Gasteiger partial charge < -0.3 is 4.74 Å². The molecule has 1 amide bonds. The molecule has 0 radical (unpaired) electrons. The van der Waals surface area contributed by atoms with E-state index in [0.717, 1.165) is 0 Å². The minimum absolute atomic E-state index is 0.142. The zero-order valence-electron chi connectivity index (χ0n) is 9.40. The number of nitrogens with one attached hydrogen (secondary N) is 1. The summed E-state index contributed by atoms with van der Waals surface area (Å²) in [5.41, 5.74) is 0.471. The minimum atomic E-state index is -0.892. The van der Waals surface area contributed by atoms with E-state index in [-0.39, 0.29) is 17.6 Å². The first-order chi connectivity index (χ1) is 8.69. The van der Waals surface area contributed by atoms with E-state index in [9.17, 15) is 14.0 Å². The Bertz CT molecular complexity index is 508. The summed E-state index contributed by atoms with van der Waals surface area (Å²) < 4.78 is 16.5. The molecule has 0 saturated heterocycles. The number of amides is 1. The zero-order chi connectivity index (χ0) is 13.4. The molecule has 0 aliphatic heterocycles. The van der Waals surface area contributed by atoms with Gasteiger partial charge >= 0.3 is 6.09 Å². The molecule has 0 saturated carbocycles. The van der Waals surface area contributed by atoms with Crippen molar-refractivity contribution in [3.63, 3.8) is 0 Å². The molecular weight excluding hydrogens is 256 g/mol. The van der Waals surface area contributed by atoms with Crippen molar-refractivity contribution < 1.29 is 18.7 Å². The monoisotopic (exact) mass is 267 g/mol. The Hall–Kier alpha value is -1.92. The predicted octanol–water partition coefficient (Wildman–Crippen LogP) is 2.22. The number of alkyl halides is 1. The summed E-state index contributed by atoms with van der Waals surface area (Å²) in [6, 6.07) is 6.30. The topological polar surface area (TPSA) is 55.4 Å². The number of anilines is 1. The maximum Gasteiger partial charge on any atom is 0.411 e. The summed E-state index contributed by atoms with van der Waals surface area (Å²) in [5.74, 6) is 3.61. The molecule has 0 bridgehead atoms. The Labute approximate surface area is 106 Å². The van der Waals surface area contributed by atoms with Crippen molar-refractivity contribution in [2.24, 2.45) is 0 Å². The van der Waals surface area contributed by atoms with Crippen LogP contribution in [0.5, 0.6) is 0 Å². The smallest absolute Gasteiger partial charge is 0.411 e. The number of ether oxygens (including phenoxy) is 1. The van der Waals surface area contributed by atoms with Gasteiger partial charge in [0.2, 0.25) is 5.78 Å². The van der Waals surface area contributed by atoms with Crippen molar-refractivity contribution in [3.8, 4) is 11.8 Å². The quantitative estimate of drug-likeness (QED) is 0.395. The summed E-state index contributed by atoms with van der Waals surface area (Å²) >= 11 is 0. The number of hydrogen-bond donors (Lipinski definition) is 1. The number of benzene rings is 1. The molecule has 0 aliphatic rings. The van der Waals surface area contributed by atoms with Gasteiger partial charge in [0.1, 0.15) is 6.35 Å². The number of para-hydroxylation sites is 1. The van der Waals surface area contributed by atoms with Gasteiger partial charge in [0.15, 0.2) is 6.67 Å². The summed E-state index contributed by atoms with van der Waals surface area (Å²) in [5, 5.41) is 2.41. The first-order valence-electron chi connectivity index (χ1n) is 5.01. The van der Waals surface area contributed by atoms with Crippen LogP contribution in [0.25, 0.3) is 0 Å². The Morgan fingerprint density at radius 1 is 1.39 bits per heavy atom. The van der Waals surface area contributed by atoms with Crippen LogP contribution in [0.15, 0.2) is 24.3 Å². The van der Waals surface area contributed by atoms with Gasteiger partial charge in [0, 0.05) is 0 Å². The van der Waals surface area contributed by atoms with Crippen molar-refractivity contribution in [2.45, 2.75) is 0 Å². The molecule has 0 spiro atoms. The third-order valence-electron chi connectivity index (χ3n) is 1.89. The molecule has 1 atom stereocenters. The van der Waals surface area contributed by atoms with Crippen LogP contribution in [0, 0.1) is 11.8 Å². The van der Waals surface area contributed by atoms with E-state index in [4.69, 9.17) is 0 Å². The Kier molecular flexibility index (Phi) is 5.83. The van der Waals surface area contributed by atoms with Gasteiger partial charge in [-0.3, -0.25) is 10.1 Å². The van der Waals surface area contributed by atoms with Crippen LogP contribution in [0.2, 0.25) is 0 Å². The van der Waals surface area contributed by atoms with Gasteiger partial charge in [-0.15, -0.1) is 0 Å². The number of halogens is 1. The fourth-order valence-corrected chi connectivity index (χ4v) is 1.34. The zero-order valence-corrected chi connectivity index (χ0v) is 10.6. The molecule has 6 heteroatoms. The Morgan fingerprint density at radius 3 is 2.78 bits per heavy atom. The van der Waals surface area contributed by atoms with Gasteiger partial charge in [0.05, 0.1) is 11.3 Å². The van der Waals surface area contributed by atoms with Crippen molar-refractivity contribution in [3.05, 3.63) is 29.8 Å². The van der Waals surface area contributed by atoms with Crippen molar-refractivity contribution >= 4 is 26.8 Å². The molecule has 1 aromatic rings. The van der Waals surface area contributed by atoms with E-state index < -0.39 is 18.6 Å². The molecular formula is C12H11FNO3P. The lowest BCUT2D eigenvalue weighted by atomic mass is 10.1. The second-order valence-electron chi connectivity index (χ2n) is 3.03. The van der Waals surface area contributed by atoms with E-state index >= 15 is 0 Å². The van der Waals surface area contributed by atoms with Crippen LogP contribution in [0.4, 0.5) is 14.9 Å². The Morgan fingerprint density at radius 2 is 2.11 bits per heavy atom. The lowest BCUT2D eigenvalue weighted by molar-refractivity contribution is 0.105. The molecule has 0 aromatic heterocycles. The summed E-state index contributed by atoms with van der Waals surface area (Å²) in [6.07, 6.45) is -0.535. The summed E-state index contributed by atoms with van der Waals surface area (Å²) in [7, 11) is 2.23. The highest BCUT2D eigenvalue weighted by molar-refractivity contribution is 7.16. The molecule has 18 heavy (non-hydrogen) atoms. The molecule has 4 nitrogen and oxygen atoms in total. The second-order valence-corrected chi connectivity index (χ2v) is 3.37. The SMILES string of the molecule is O=C(Nc1ccccc1C(=O)C#CCF)OCP. The van der Waals surface area contributed by atoms with Crippen molar-refractivity contribution in [1.29, 1.82) is 0 Å². The fourth-order valence-electron chi connectivity index (χ4n) is 1.19. The van der Waals surface area contributed by atoms with Gasteiger partial charge in [-0.05, 0) is 18.1 Å². The largest absolute Gasteiger partial charge is 0.445 e. The second kappa shape index (κ2) is 7.41. The number of carbonyl (C=O) groups excluding carboxylic acids is 2. The van der Waals surface area contributed by atoms with E-state index in [0.29, 0.717) is 0 Å². The van der Waals surface area contributed by atoms with Crippen molar-refractivity contribution in [1.82, 2.24) is 0 Å². The molecule has 94 valence electrons. The number of carbonyl (C=O) groups is 2. The van der Waals surface area contributed by atoms with Crippen LogP contribution < -0.4 is 5.32 Å². The lowest BCUT2D eigenvalue weighted by Crippen LogP contribution is -2.15. The van der Waals surface area contributed by atoms with E-state index in [1.165, 1.54) is 12.1 Å². The van der Waals surface area contributed by atoms with Crippen LogP contribution in [0.1, 0.15) is 10.4 Å². The molecule has 1 aromatic carbocycles. The third kappa shape index (κ3) is 4.15. The maximum absolute atomic E-state index is 11.9. The highest BCUT2D eigenvalue weighted by Gasteiger charge is 2.11. The average Bonchev–Trinajstić information content (AvgIpc) is 2.37. The third-order valence-corrected chi connectivity index (χ3v) is 2.06. The normalized spacial score (nSPS) is 9.00. The highest BCUT2D eigenvalue weighted by Crippen LogP contribution is 2.15. The fraction of sp³-hybridized carbons (Fsp3) is 0.167. The minimum Gasteiger partial charge on any atom is -0.445 e. The van der Waals surface area contributed by atoms with E-state index in [1.807, 2.05) is 5.92 Å². The van der Waals surface area contributed by atoms with Gasteiger partial charge in [0.25, 0.3) is 0 Å². The standard InChI is InChI=1S/C12H11FNO3P/c13-7-3-6-11(15)9-4-1-2-5-10(9)14-12(16)17-8-18/h1-2,4-5H,7-8,18H2,(H,14,16). The molecule has 0 fully saturated rings. The van der Waals surface area contributed by atoms with E-state index in [1.54, 1.807) is 12.1 Å². The number of Topliss-reactive ketones (excluding diaryl/α,β-unsaturated/α-hetero) is 1. The summed E-state index contributed by atoms with van der Waals surface area (Å²) in [4.78, 5) is 22.9. The maximum atomic E-state index is 11.9. The molecule has 1 N–H and O–H groups in total. The van der Waals surface area contributed by atoms with Crippen LogP contribution in [0.3, 0.4) is 0 Å². The molecule has 0 heterocycles. The van der Waals surface area contributed by atoms with Crippen molar-refractivity contribution in [2.75, 3.05) is 18.3 Å². The molecule has 1 unspecified atom stereocenters. The van der Waals surface area contributed by atoms with Gasteiger partial charge in [-0.1, -0.05) is 27.3 Å². The van der Waals surface area contributed by atoms with Crippen LogP contribution in [-0.2, 0) is 4.74 Å². The van der Waals surface area contributed by atoms with Crippen LogP contribution in [-0.4, -0.2) is 24.9 Å². The lowest BCUT2D eigenvalue weighted by Gasteiger charge is -2.07. The van der Waals surface area contributed by atoms with E-state index in [2.05, 4.69) is 25.2 Å². The number of rotatable bonds is 3. The number of ketones is 1. The first kappa shape index (κ1) is 14.1. The average molecular weight is 267 g/mol. The molecule has 0 aliphatic carbocycles. The Balaban J connectivity index is 2.92. The first-order valence-corrected chi connectivity index (χ1v) is 5.82. The summed E-state index contributed by atoms with van der Waals surface area (Å²) in [6.45, 7) is -0.892. The predicted molar refractivity (Wildman–Crippen MR) is 69.2 cm³/mol. The number of hydrogen-bond acceptors (Lipinski definition) is 3. The van der Waals surface area contributed by atoms with Crippen LogP contribution >= 0.6 is 9.24 Å². The van der Waals surface area contributed by atoms with Gasteiger partial charge in [-0.2, -0.15) is 0 Å². The van der Waals surface area contributed by atoms with Gasteiger partial charge in [-0.25, -0.2) is 9.18 Å². The highest BCUT2D eigenvalue weighted by atomic mass is 31.0.